The van der Waals surface area contributed by atoms with Crippen LogP contribution in [0, 0.1) is 0 Å². The zero-order valence-corrected chi connectivity index (χ0v) is 27.5. The van der Waals surface area contributed by atoms with Crippen LogP contribution in [0.3, 0.4) is 0 Å². The first-order chi connectivity index (χ1) is 22.2. The minimum absolute atomic E-state index is 0.0251. The third kappa shape index (κ3) is 11.6. The molecule has 2 N–H and O–H groups in total. The molecular weight excluding hydrogens is 602 g/mol. The fraction of sp³-hybridized carbons (Fsp3) is 0.371. The molecule has 3 aromatic heterocycles. The van der Waals surface area contributed by atoms with E-state index in [1.54, 1.807) is 72.1 Å². The number of anilines is 1. The Morgan fingerprint density at radius 2 is 1.55 bits per heavy atom. The van der Waals surface area contributed by atoms with Crippen LogP contribution in [-0.2, 0) is 32.1 Å². The molecular formula is C35H41N5O7. The highest BCUT2D eigenvalue weighted by molar-refractivity contribution is 5.94. The van der Waals surface area contributed by atoms with E-state index in [1.807, 2.05) is 42.5 Å². The SMILES string of the molecule is CC(C)(C)OC(=O)NC(CCC(=O)Nc1ncccc1-c1cc(Cc2ccc(COc3ccccn3)cc2)no1)C(=O)OC(C)(C)C. The minimum Gasteiger partial charge on any atom is -0.473 e. The summed E-state index contributed by atoms with van der Waals surface area (Å²) in [6, 6.07) is 17.7. The Bertz CT molecular complexity index is 1640. The average Bonchev–Trinajstić information content (AvgIpc) is 3.46. The van der Waals surface area contributed by atoms with E-state index in [2.05, 4.69) is 25.8 Å². The molecule has 1 aromatic carbocycles. The van der Waals surface area contributed by atoms with E-state index in [0.717, 1.165) is 11.1 Å². The monoisotopic (exact) mass is 643 g/mol. The number of alkyl carbamates (subject to hydrolysis) is 1. The van der Waals surface area contributed by atoms with Crippen molar-refractivity contribution in [2.45, 2.75) is 84.7 Å². The van der Waals surface area contributed by atoms with Crippen molar-refractivity contribution < 1.29 is 33.1 Å². The topological polar surface area (TPSA) is 155 Å². The van der Waals surface area contributed by atoms with Gasteiger partial charge in [0.25, 0.3) is 0 Å². The average molecular weight is 644 g/mol. The van der Waals surface area contributed by atoms with Gasteiger partial charge >= 0.3 is 12.1 Å². The Labute approximate surface area is 274 Å². The molecule has 1 atom stereocenters. The van der Waals surface area contributed by atoms with Crippen LogP contribution in [0.4, 0.5) is 10.6 Å². The number of rotatable bonds is 12. The first-order valence-electron chi connectivity index (χ1n) is 15.3. The van der Waals surface area contributed by atoms with Crippen LogP contribution in [-0.4, -0.2) is 50.3 Å². The maximum Gasteiger partial charge on any atom is 0.408 e. The summed E-state index contributed by atoms with van der Waals surface area (Å²) in [6.45, 7) is 10.7. The molecule has 0 bridgehead atoms. The highest BCUT2D eigenvalue weighted by Crippen LogP contribution is 2.28. The summed E-state index contributed by atoms with van der Waals surface area (Å²) in [4.78, 5) is 46.8. The molecule has 248 valence electrons. The van der Waals surface area contributed by atoms with Gasteiger partial charge in [-0.15, -0.1) is 0 Å². The van der Waals surface area contributed by atoms with Crippen molar-refractivity contribution in [3.8, 4) is 17.2 Å². The number of amides is 2. The van der Waals surface area contributed by atoms with Gasteiger partial charge in [0.15, 0.2) is 5.76 Å². The predicted molar refractivity (Wildman–Crippen MR) is 174 cm³/mol. The molecule has 0 saturated carbocycles. The Balaban J connectivity index is 1.36. The number of hydrogen-bond donors (Lipinski definition) is 2. The van der Waals surface area contributed by atoms with E-state index < -0.39 is 35.2 Å². The molecule has 47 heavy (non-hydrogen) atoms. The third-order valence-electron chi connectivity index (χ3n) is 6.36. The molecule has 0 fully saturated rings. The van der Waals surface area contributed by atoms with E-state index in [1.165, 1.54) is 0 Å². The van der Waals surface area contributed by atoms with Crippen LogP contribution >= 0.6 is 0 Å². The molecule has 0 aliphatic heterocycles. The van der Waals surface area contributed by atoms with Crippen molar-refractivity contribution in [1.29, 1.82) is 0 Å². The van der Waals surface area contributed by atoms with Gasteiger partial charge in [-0.1, -0.05) is 35.5 Å². The van der Waals surface area contributed by atoms with Gasteiger partial charge in [-0.3, -0.25) is 4.79 Å². The second-order valence-electron chi connectivity index (χ2n) is 12.9. The number of nitrogens with one attached hydrogen (secondary N) is 2. The van der Waals surface area contributed by atoms with Gasteiger partial charge in [0.2, 0.25) is 11.8 Å². The molecule has 3 heterocycles. The summed E-state index contributed by atoms with van der Waals surface area (Å²) in [5, 5.41) is 9.53. The van der Waals surface area contributed by atoms with Crippen molar-refractivity contribution in [2.75, 3.05) is 5.32 Å². The quantitative estimate of drug-likeness (QED) is 0.169. The van der Waals surface area contributed by atoms with E-state index in [9.17, 15) is 14.4 Å². The number of benzene rings is 1. The highest BCUT2D eigenvalue weighted by Gasteiger charge is 2.29. The molecule has 0 radical (unpaired) electrons. The summed E-state index contributed by atoms with van der Waals surface area (Å²) >= 11 is 0. The van der Waals surface area contributed by atoms with Gasteiger partial charge in [0.1, 0.15) is 29.7 Å². The zero-order valence-electron chi connectivity index (χ0n) is 27.5. The van der Waals surface area contributed by atoms with Crippen LogP contribution in [0.5, 0.6) is 5.88 Å². The van der Waals surface area contributed by atoms with Crippen molar-refractivity contribution in [3.05, 3.63) is 89.9 Å². The standard InChI is InChI=1S/C35H41N5O7/c1-34(2,3)45-32(42)27(38-33(43)46-35(4,5)6)16-17-29(41)39-31-26(10-9-19-37-31)28-21-25(40-47-28)20-23-12-14-24(15-13-23)22-44-30-11-7-8-18-36-30/h7-15,18-19,21,27H,16-17,20,22H2,1-6H3,(H,38,43)(H,37,39,41). The summed E-state index contributed by atoms with van der Waals surface area (Å²) in [5.41, 5.74) is 1.73. The Hall–Kier alpha value is -5.26. The van der Waals surface area contributed by atoms with Crippen molar-refractivity contribution in [1.82, 2.24) is 20.4 Å². The van der Waals surface area contributed by atoms with E-state index in [-0.39, 0.29) is 18.7 Å². The van der Waals surface area contributed by atoms with Crippen molar-refractivity contribution >= 4 is 23.8 Å². The van der Waals surface area contributed by atoms with E-state index in [4.69, 9.17) is 18.7 Å². The van der Waals surface area contributed by atoms with Gasteiger partial charge in [-0.25, -0.2) is 19.6 Å². The van der Waals surface area contributed by atoms with Crippen LogP contribution < -0.4 is 15.4 Å². The number of esters is 1. The van der Waals surface area contributed by atoms with Crippen LogP contribution in [0.15, 0.2) is 77.6 Å². The molecule has 12 heteroatoms. The predicted octanol–water partition coefficient (Wildman–Crippen LogP) is 6.26. The summed E-state index contributed by atoms with van der Waals surface area (Å²) < 4.78 is 22.1. The Morgan fingerprint density at radius 3 is 2.23 bits per heavy atom. The number of aromatic nitrogens is 3. The van der Waals surface area contributed by atoms with Crippen LogP contribution in [0.2, 0.25) is 0 Å². The summed E-state index contributed by atoms with van der Waals surface area (Å²) in [6.07, 6.45) is 2.84. The number of carbonyl (C=O) groups excluding carboxylic acids is 3. The lowest BCUT2D eigenvalue weighted by Crippen LogP contribution is -2.46. The fourth-order valence-corrected chi connectivity index (χ4v) is 4.32. The Morgan fingerprint density at radius 1 is 0.851 bits per heavy atom. The minimum atomic E-state index is -1.10. The van der Waals surface area contributed by atoms with Crippen molar-refractivity contribution in [3.63, 3.8) is 0 Å². The first kappa shape index (κ1) is 34.6. The zero-order chi connectivity index (χ0) is 34.0. The van der Waals surface area contributed by atoms with Gasteiger partial charge in [0.05, 0.1) is 11.3 Å². The smallest absolute Gasteiger partial charge is 0.408 e. The third-order valence-corrected chi connectivity index (χ3v) is 6.36. The van der Waals surface area contributed by atoms with Gasteiger partial charge in [-0.2, -0.15) is 0 Å². The van der Waals surface area contributed by atoms with Gasteiger partial charge < -0.3 is 29.4 Å². The highest BCUT2D eigenvalue weighted by atomic mass is 16.6. The van der Waals surface area contributed by atoms with Crippen LogP contribution in [0.25, 0.3) is 11.3 Å². The summed E-state index contributed by atoms with van der Waals surface area (Å²) in [5.74, 6) is 0.180. The number of ether oxygens (including phenoxy) is 3. The molecule has 4 rings (SSSR count). The number of pyridine rings is 2. The lowest BCUT2D eigenvalue weighted by molar-refractivity contribution is -0.157. The molecule has 0 saturated heterocycles. The molecule has 2 amide bonds. The van der Waals surface area contributed by atoms with E-state index >= 15 is 0 Å². The fourth-order valence-electron chi connectivity index (χ4n) is 4.32. The van der Waals surface area contributed by atoms with Crippen molar-refractivity contribution in [2.24, 2.45) is 0 Å². The molecule has 0 aliphatic carbocycles. The molecule has 1 unspecified atom stereocenters. The van der Waals surface area contributed by atoms with Crippen LogP contribution in [0.1, 0.15) is 71.2 Å². The molecule has 0 spiro atoms. The second-order valence-corrected chi connectivity index (χ2v) is 12.9. The van der Waals surface area contributed by atoms with Gasteiger partial charge in [0, 0.05) is 37.4 Å². The van der Waals surface area contributed by atoms with Gasteiger partial charge in [-0.05, 0) is 77.3 Å². The number of hydrogen-bond acceptors (Lipinski definition) is 10. The second kappa shape index (κ2) is 15.4. The largest absolute Gasteiger partial charge is 0.473 e. The van der Waals surface area contributed by atoms with E-state index in [0.29, 0.717) is 35.9 Å². The number of nitrogens with zero attached hydrogens (tertiary/aromatic N) is 3. The molecule has 0 aliphatic rings. The normalized spacial score (nSPS) is 12.1. The lowest BCUT2D eigenvalue weighted by Gasteiger charge is -2.26. The lowest BCUT2D eigenvalue weighted by atomic mass is 10.1. The summed E-state index contributed by atoms with van der Waals surface area (Å²) in [7, 11) is 0. The maximum absolute atomic E-state index is 13.0. The Kier molecular flexibility index (Phi) is 11.3. The number of carbonyl (C=O) groups is 3. The first-order valence-corrected chi connectivity index (χ1v) is 15.3. The molecule has 4 aromatic rings. The maximum atomic E-state index is 13.0. The molecule has 12 nitrogen and oxygen atoms in total.